The Morgan fingerprint density at radius 3 is 2.62 bits per heavy atom. The van der Waals surface area contributed by atoms with Crippen LogP contribution in [0.4, 0.5) is 0 Å². The SMILES string of the molecule is Cc1cccc(C2(O)CN(C)C2)c1. The molecular formula is C11H15NO. The van der Waals surface area contributed by atoms with Gasteiger partial charge in [-0.25, -0.2) is 0 Å². The second kappa shape index (κ2) is 2.82. The molecule has 13 heavy (non-hydrogen) atoms. The van der Waals surface area contributed by atoms with Gasteiger partial charge < -0.3 is 5.11 Å². The van der Waals surface area contributed by atoms with Crippen molar-refractivity contribution in [2.24, 2.45) is 0 Å². The van der Waals surface area contributed by atoms with Crippen LogP contribution >= 0.6 is 0 Å². The Balaban J connectivity index is 2.26. The highest BCUT2D eigenvalue weighted by Gasteiger charge is 2.40. The van der Waals surface area contributed by atoms with Crippen molar-refractivity contribution in [1.82, 2.24) is 4.90 Å². The van der Waals surface area contributed by atoms with Crippen molar-refractivity contribution >= 4 is 0 Å². The van der Waals surface area contributed by atoms with E-state index in [2.05, 4.69) is 24.0 Å². The number of likely N-dealkylation sites (tertiary alicyclic amines) is 1. The number of hydrogen-bond acceptors (Lipinski definition) is 2. The number of rotatable bonds is 1. The summed E-state index contributed by atoms with van der Waals surface area (Å²) in [7, 11) is 2.02. The molecular weight excluding hydrogens is 162 g/mol. The van der Waals surface area contributed by atoms with Gasteiger partial charge in [-0.1, -0.05) is 29.8 Å². The van der Waals surface area contributed by atoms with Gasteiger partial charge in [0.05, 0.1) is 0 Å². The number of aryl methyl sites for hydroxylation is 1. The monoisotopic (exact) mass is 177 g/mol. The Morgan fingerprint density at radius 1 is 1.38 bits per heavy atom. The normalized spacial score (nSPS) is 21.2. The molecule has 0 aromatic heterocycles. The first-order valence-electron chi connectivity index (χ1n) is 4.58. The molecule has 0 amide bonds. The molecule has 0 saturated carbocycles. The lowest BCUT2D eigenvalue weighted by atomic mass is 9.86. The first-order chi connectivity index (χ1) is 6.10. The minimum atomic E-state index is -0.596. The highest BCUT2D eigenvalue weighted by Crippen LogP contribution is 2.30. The van der Waals surface area contributed by atoms with Crippen molar-refractivity contribution in [3.63, 3.8) is 0 Å². The van der Waals surface area contributed by atoms with Gasteiger partial charge in [-0.05, 0) is 19.5 Å². The summed E-state index contributed by atoms with van der Waals surface area (Å²) >= 11 is 0. The first kappa shape index (κ1) is 8.73. The van der Waals surface area contributed by atoms with Gasteiger partial charge in [0.15, 0.2) is 0 Å². The fraction of sp³-hybridized carbons (Fsp3) is 0.455. The van der Waals surface area contributed by atoms with Crippen LogP contribution in [0.3, 0.4) is 0 Å². The van der Waals surface area contributed by atoms with Crippen LogP contribution in [0.2, 0.25) is 0 Å². The van der Waals surface area contributed by atoms with Crippen molar-refractivity contribution in [1.29, 1.82) is 0 Å². The molecule has 1 aliphatic heterocycles. The zero-order valence-corrected chi connectivity index (χ0v) is 8.12. The number of hydrogen-bond donors (Lipinski definition) is 1. The predicted octanol–water partition coefficient (Wildman–Crippen LogP) is 1.13. The highest BCUT2D eigenvalue weighted by molar-refractivity contribution is 5.30. The third-order valence-corrected chi connectivity index (χ3v) is 2.62. The molecule has 0 bridgehead atoms. The molecule has 0 unspecified atom stereocenters. The van der Waals surface area contributed by atoms with Crippen LogP contribution in [-0.4, -0.2) is 30.1 Å². The van der Waals surface area contributed by atoms with Gasteiger partial charge in [0.2, 0.25) is 0 Å². The lowest BCUT2D eigenvalue weighted by molar-refractivity contribution is -0.0919. The Labute approximate surface area is 78.8 Å². The standard InChI is InChI=1S/C11H15NO/c1-9-4-3-5-10(6-9)11(13)7-12(2)8-11/h3-6,13H,7-8H2,1-2H3. The minimum absolute atomic E-state index is 0.596. The third-order valence-electron chi connectivity index (χ3n) is 2.62. The first-order valence-corrected chi connectivity index (χ1v) is 4.58. The zero-order valence-electron chi connectivity index (χ0n) is 8.12. The summed E-state index contributed by atoms with van der Waals surface area (Å²) in [5, 5.41) is 10.1. The van der Waals surface area contributed by atoms with E-state index in [0.717, 1.165) is 18.7 Å². The molecule has 0 atom stereocenters. The summed E-state index contributed by atoms with van der Waals surface area (Å²) < 4.78 is 0. The maximum absolute atomic E-state index is 10.1. The van der Waals surface area contributed by atoms with E-state index >= 15 is 0 Å². The van der Waals surface area contributed by atoms with Crippen molar-refractivity contribution in [3.05, 3.63) is 35.4 Å². The second-order valence-electron chi connectivity index (χ2n) is 4.07. The summed E-state index contributed by atoms with van der Waals surface area (Å²) in [4.78, 5) is 2.11. The number of benzene rings is 1. The van der Waals surface area contributed by atoms with Crippen molar-refractivity contribution in [2.45, 2.75) is 12.5 Å². The van der Waals surface area contributed by atoms with Gasteiger partial charge in [0.25, 0.3) is 0 Å². The lowest BCUT2D eigenvalue weighted by Gasteiger charge is -2.44. The molecule has 1 aliphatic rings. The maximum Gasteiger partial charge on any atom is 0.115 e. The fourth-order valence-electron chi connectivity index (χ4n) is 1.96. The molecule has 2 heteroatoms. The second-order valence-corrected chi connectivity index (χ2v) is 4.07. The summed E-state index contributed by atoms with van der Waals surface area (Å²) in [5.74, 6) is 0. The van der Waals surface area contributed by atoms with E-state index in [1.807, 2.05) is 19.2 Å². The van der Waals surface area contributed by atoms with Gasteiger partial charge in [-0.15, -0.1) is 0 Å². The van der Waals surface area contributed by atoms with Crippen LogP contribution in [0.15, 0.2) is 24.3 Å². The molecule has 0 spiro atoms. The van der Waals surface area contributed by atoms with Crippen molar-refractivity contribution in [3.8, 4) is 0 Å². The minimum Gasteiger partial charge on any atom is -0.382 e. The van der Waals surface area contributed by atoms with E-state index in [-0.39, 0.29) is 0 Å². The summed E-state index contributed by atoms with van der Waals surface area (Å²) in [6.07, 6.45) is 0. The molecule has 1 fully saturated rings. The number of likely N-dealkylation sites (N-methyl/N-ethyl adjacent to an activating group) is 1. The van der Waals surface area contributed by atoms with E-state index in [4.69, 9.17) is 0 Å². The predicted molar refractivity (Wildman–Crippen MR) is 52.6 cm³/mol. The van der Waals surface area contributed by atoms with Crippen LogP contribution in [0.25, 0.3) is 0 Å². The van der Waals surface area contributed by atoms with E-state index in [1.54, 1.807) is 0 Å². The molecule has 1 aromatic carbocycles. The largest absolute Gasteiger partial charge is 0.382 e. The van der Waals surface area contributed by atoms with Crippen LogP contribution in [0.5, 0.6) is 0 Å². The molecule has 0 aliphatic carbocycles. The smallest absolute Gasteiger partial charge is 0.115 e. The quantitative estimate of drug-likeness (QED) is 0.695. The summed E-state index contributed by atoms with van der Waals surface area (Å²) in [6, 6.07) is 8.11. The third kappa shape index (κ3) is 1.47. The van der Waals surface area contributed by atoms with E-state index in [9.17, 15) is 5.11 Å². The molecule has 2 rings (SSSR count). The average Bonchev–Trinajstić information content (AvgIpc) is 2.02. The number of nitrogens with zero attached hydrogens (tertiary/aromatic N) is 1. The zero-order chi connectivity index (χ0) is 9.47. The van der Waals surface area contributed by atoms with E-state index in [0.29, 0.717) is 0 Å². The average molecular weight is 177 g/mol. The fourth-order valence-corrected chi connectivity index (χ4v) is 1.96. The molecule has 2 nitrogen and oxygen atoms in total. The molecule has 70 valence electrons. The molecule has 0 radical (unpaired) electrons. The number of β-amino-alcohol motifs (C(OH)–C–C–N with tert-alkyl or cyclic N) is 1. The van der Waals surface area contributed by atoms with E-state index < -0.39 is 5.60 Å². The summed E-state index contributed by atoms with van der Waals surface area (Å²) in [6.45, 7) is 3.54. The molecule has 1 heterocycles. The van der Waals surface area contributed by atoms with Gasteiger partial charge >= 0.3 is 0 Å². The van der Waals surface area contributed by atoms with Crippen LogP contribution in [-0.2, 0) is 5.60 Å². The molecule has 1 N–H and O–H groups in total. The van der Waals surface area contributed by atoms with Crippen molar-refractivity contribution < 1.29 is 5.11 Å². The molecule has 1 saturated heterocycles. The Kier molecular flexibility index (Phi) is 1.90. The van der Waals surface area contributed by atoms with Gasteiger partial charge in [0, 0.05) is 13.1 Å². The van der Waals surface area contributed by atoms with Gasteiger partial charge in [-0.3, -0.25) is 4.90 Å². The Morgan fingerprint density at radius 2 is 2.08 bits per heavy atom. The van der Waals surface area contributed by atoms with E-state index in [1.165, 1.54) is 5.56 Å². The highest BCUT2D eigenvalue weighted by atomic mass is 16.3. The maximum atomic E-state index is 10.1. The molecule has 1 aromatic rings. The Bertz CT molecular complexity index is 316. The summed E-state index contributed by atoms with van der Waals surface area (Å²) in [5.41, 5.74) is 1.66. The van der Waals surface area contributed by atoms with Crippen molar-refractivity contribution in [2.75, 3.05) is 20.1 Å². The van der Waals surface area contributed by atoms with Crippen LogP contribution in [0, 0.1) is 6.92 Å². The Hall–Kier alpha value is -0.860. The lowest BCUT2D eigenvalue weighted by Crippen LogP contribution is -2.57. The van der Waals surface area contributed by atoms with Gasteiger partial charge in [0.1, 0.15) is 5.60 Å². The van der Waals surface area contributed by atoms with Crippen LogP contribution in [0.1, 0.15) is 11.1 Å². The number of aliphatic hydroxyl groups is 1. The van der Waals surface area contributed by atoms with Crippen LogP contribution < -0.4 is 0 Å². The topological polar surface area (TPSA) is 23.5 Å². The van der Waals surface area contributed by atoms with Gasteiger partial charge in [-0.2, -0.15) is 0 Å².